The molecular weight excluding hydrogens is 471 g/mol. The van der Waals surface area contributed by atoms with Crippen molar-refractivity contribution in [3.05, 3.63) is 68.4 Å². The first-order valence-electron chi connectivity index (χ1n) is 7.42. The lowest BCUT2D eigenvalue weighted by atomic mass is 10.2. The number of ether oxygens (including phenoxy) is 1. The Balaban J connectivity index is 1.85. The fourth-order valence-corrected chi connectivity index (χ4v) is 2.96. The van der Waals surface area contributed by atoms with E-state index in [1.165, 1.54) is 31.4 Å². The third kappa shape index (κ3) is 3.45. The third-order valence-electron chi connectivity index (χ3n) is 3.69. The minimum Gasteiger partial charge on any atom is -0.465 e. The van der Waals surface area contributed by atoms with E-state index in [0.717, 1.165) is 8.47 Å². The molecule has 0 spiro atoms. The standard InChI is InChI=1S/C18H12ClIN2O4/c1-26-18(25)10-2-8-13(9-3-10)22-16(23)14(19)15(17(22)24)21-12-6-4-11(20)5-7-12/h2-9,21H,1H3. The molecule has 1 aliphatic rings. The van der Waals surface area contributed by atoms with Gasteiger partial charge in [0, 0.05) is 9.26 Å². The second kappa shape index (κ2) is 7.46. The molecule has 1 N–H and O–H groups in total. The Morgan fingerprint density at radius 3 is 2.23 bits per heavy atom. The molecule has 0 fully saturated rings. The molecule has 0 radical (unpaired) electrons. The van der Waals surface area contributed by atoms with E-state index in [9.17, 15) is 14.4 Å². The van der Waals surface area contributed by atoms with Gasteiger partial charge in [0.15, 0.2) is 0 Å². The average Bonchev–Trinajstić information content (AvgIpc) is 2.86. The summed E-state index contributed by atoms with van der Waals surface area (Å²) in [5.41, 5.74) is 1.27. The number of hydrogen-bond donors (Lipinski definition) is 1. The number of carbonyl (C=O) groups excluding carboxylic acids is 3. The van der Waals surface area contributed by atoms with Crippen LogP contribution in [0, 0.1) is 3.57 Å². The molecule has 2 aromatic carbocycles. The van der Waals surface area contributed by atoms with E-state index < -0.39 is 17.8 Å². The first-order valence-corrected chi connectivity index (χ1v) is 8.87. The number of nitrogens with zero attached hydrogens (tertiary/aromatic N) is 1. The third-order valence-corrected chi connectivity index (χ3v) is 4.76. The second-order valence-electron chi connectivity index (χ2n) is 5.31. The second-order valence-corrected chi connectivity index (χ2v) is 6.93. The number of nitrogens with one attached hydrogen (secondary N) is 1. The smallest absolute Gasteiger partial charge is 0.337 e. The maximum absolute atomic E-state index is 12.7. The van der Waals surface area contributed by atoms with E-state index >= 15 is 0 Å². The number of methoxy groups -OCH3 is 1. The van der Waals surface area contributed by atoms with Crippen LogP contribution in [0.5, 0.6) is 0 Å². The topological polar surface area (TPSA) is 75.7 Å². The summed E-state index contributed by atoms with van der Waals surface area (Å²) < 4.78 is 5.66. The Morgan fingerprint density at radius 1 is 1.04 bits per heavy atom. The highest BCUT2D eigenvalue weighted by molar-refractivity contribution is 14.1. The first kappa shape index (κ1) is 18.4. The summed E-state index contributed by atoms with van der Waals surface area (Å²) in [5.74, 6) is -1.70. The van der Waals surface area contributed by atoms with Gasteiger partial charge >= 0.3 is 5.97 Å². The minimum absolute atomic E-state index is 0.00918. The molecule has 6 nitrogen and oxygen atoms in total. The molecule has 0 aliphatic carbocycles. The molecule has 0 saturated carbocycles. The lowest BCUT2D eigenvalue weighted by molar-refractivity contribution is -0.120. The van der Waals surface area contributed by atoms with Gasteiger partial charge in [0.25, 0.3) is 11.8 Å². The van der Waals surface area contributed by atoms with Gasteiger partial charge in [0.2, 0.25) is 0 Å². The van der Waals surface area contributed by atoms with Crippen molar-refractivity contribution in [1.29, 1.82) is 0 Å². The number of hydrogen-bond acceptors (Lipinski definition) is 5. The summed E-state index contributed by atoms with van der Waals surface area (Å²) >= 11 is 8.25. The molecule has 1 aliphatic heterocycles. The summed E-state index contributed by atoms with van der Waals surface area (Å²) in [6, 6.07) is 13.2. The van der Waals surface area contributed by atoms with Crippen molar-refractivity contribution in [2.24, 2.45) is 0 Å². The number of benzene rings is 2. The van der Waals surface area contributed by atoms with Gasteiger partial charge in [-0.1, -0.05) is 11.6 Å². The molecule has 0 bridgehead atoms. The fraction of sp³-hybridized carbons (Fsp3) is 0.0556. The predicted octanol–water partition coefficient (Wildman–Crippen LogP) is 3.51. The van der Waals surface area contributed by atoms with Gasteiger partial charge in [0.1, 0.15) is 10.7 Å². The monoisotopic (exact) mass is 482 g/mol. The van der Waals surface area contributed by atoms with Crippen LogP contribution >= 0.6 is 34.2 Å². The summed E-state index contributed by atoms with van der Waals surface area (Å²) in [6.07, 6.45) is 0. The van der Waals surface area contributed by atoms with E-state index in [1.807, 2.05) is 12.1 Å². The van der Waals surface area contributed by atoms with Crippen molar-refractivity contribution in [1.82, 2.24) is 0 Å². The number of esters is 1. The molecule has 132 valence electrons. The van der Waals surface area contributed by atoms with Crippen molar-refractivity contribution in [2.45, 2.75) is 0 Å². The van der Waals surface area contributed by atoms with Gasteiger partial charge < -0.3 is 10.1 Å². The van der Waals surface area contributed by atoms with Crippen LogP contribution in [0.15, 0.2) is 59.3 Å². The molecule has 8 heteroatoms. The first-order chi connectivity index (χ1) is 12.4. The number of imide groups is 1. The average molecular weight is 483 g/mol. The number of carbonyl (C=O) groups is 3. The van der Waals surface area contributed by atoms with Gasteiger partial charge in [0.05, 0.1) is 18.4 Å². The van der Waals surface area contributed by atoms with Gasteiger partial charge in [-0.05, 0) is 71.1 Å². The number of rotatable bonds is 4. The van der Waals surface area contributed by atoms with Gasteiger partial charge in [-0.2, -0.15) is 0 Å². The Bertz CT molecular complexity index is 923. The van der Waals surface area contributed by atoms with Crippen LogP contribution in [0.2, 0.25) is 0 Å². The molecule has 0 unspecified atom stereocenters. The summed E-state index contributed by atoms with van der Waals surface area (Å²) in [5, 5.41) is 2.71. The van der Waals surface area contributed by atoms with E-state index in [4.69, 9.17) is 11.6 Å². The number of halogens is 2. The van der Waals surface area contributed by atoms with Crippen molar-refractivity contribution in [2.75, 3.05) is 17.3 Å². The SMILES string of the molecule is COC(=O)c1ccc(N2C(=O)C(Cl)=C(Nc3ccc(I)cc3)C2=O)cc1. The zero-order chi connectivity index (χ0) is 18.8. The van der Waals surface area contributed by atoms with E-state index in [2.05, 4.69) is 32.6 Å². The molecule has 26 heavy (non-hydrogen) atoms. The number of anilines is 2. The van der Waals surface area contributed by atoms with E-state index in [0.29, 0.717) is 16.9 Å². The lowest BCUT2D eigenvalue weighted by Gasteiger charge is -2.15. The van der Waals surface area contributed by atoms with Crippen LogP contribution in [0.25, 0.3) is 0 Å². The normalized spacial score (nSPS) is 14.0. The quantitative estimate of drug-likeness (QED) is 0.410. The van der Waals surface area contributed by atoms with Gasteiger partial charge in [-0.15, -0.1) is 0 Å². The lowest BCUT2D eigenvalue weighted by Crippen LogP contribution is -2.32. The van der Waals surface area contributed by atoms with Crippen LogP contribution in [0.1, 0.15) is 10.4 Å². The fourth-order valence-electron chi connectivity index (χ4n) is 2.39. The zero-order valence-corrected chi connectivity index (χ0v) is 16.4. The Kier molecular flexibility index (Phi) is 5.28. The maximum Gasteiger partial charge on any atom is 0.337 e. The zero-order valence-electron chi connectivity index (χ0n) is 13.5. The summed E-state index contributed by atoms with van der Waals surface area (Å²) in [4.78, 5) is 37.6. The van der Waals surface area contributed by atoms with Crippen LogP contribution in [-0.4, -0.2) is 24.9 Å². The summed E-state index contributed by atoms with van der Waals surface area (Å²) in [7, 11) is 1.27. The van der Waals surface area contributed by atoms with Crippen molar-refractivity contribution in [3.63, 3.8) is 0 Å². The van der Waals surface area contributed by atoms with Crippen LogP contribution in [0.4, 0.5) is 11.4 Å². The number of amides is 2. The Labute approximate surface area is 167 Å². The molecular formula is C18H12ClIN2O4. The van der Waals surface area contributed by atoms with E-state index in [1.54, 1.807) is 12.1 Å². The molecule has 2 aromatic rings. The predicted molar refractivity (Wildman–Crippen MR) is 106 cm³/mol. The Morgan fingerprint density at radius 2 is 1.65 bits per heavy atom. The highest BCUT2D eigenvalue weighted by Crippen LogP contribution is 2.30. The highest BCUT2D eigenvalue weighted by Gasteiger charge is 2.38. The molecule has 3 rings (SSSR count). The van der Waals surface area contributed by atoms with Crippen LogP contribution in [-0.2, 0) is 14.3 Å². The molecule has 1 heterocycles. The van der Waals surface area contributed by atoms with Crippen molar-refractivity contribution in [3.8, 4) is 0 Å². The largest absolute Gasteiger partial charge is 0.465 e. The maximum atomic E-state index is 12.7. The summed E-state index contributed by atoms with van der Waals surface area (Å²) in [6.45, 7) is 0. The molecule has 0 aromatic heterocycles. The highest BCUT2D eigenvalue weighted by atomic mass is 127. The van der Waals surface area contributed by atoms with Crippen LogP contribution < -0.4 is 10.2 Å². The minimum atomic E-state index is -0.629. The van der Waals surface area contributed by atoms with Crippen LogP contribution in [0.3, 0.4) is 0 Å². The van der Waals surface area contributed by atoms with Crippen molar-refractivity contribution >= 4 is 63.4 Å². The van der Waals surface area contributed by atoms with Gasteiger partial charge in [-0.25, -0.2) is 9.69 Å². The molecule has 0 atom stereocenters. The Hall–Kier alpha value is -2.39. The van der Waals surface area contributed by atoms with E-state index in [-0.39, 0.29) is 10.7 Å². The van der Waals surface area contributed by atoms with Crippen molar-refractivity contribution < 1.29 is 19.1 Å². The van der Waals surface area contributed by atoms with Gasteiger partial charge in [-0.3, -0.25) is 9.59 Å². The molecule has 0 saturated heterocycles. The molecule has 2 amide bonds.